The molecule has 1 spiro atoms. The van der Waals surface area contributed by atoms with Crippen molar-refractivity contribution >= 4 is 23.9 Å². The minimum absolute atomic E-state index is 0.0164. The van der Waals surface area contributed by atoms with Crippen LogP contribution in [-0.4, -0.2) is 82.4 Å². The van der Waals surface area contributed by atoms with E-state index in [0.717, 1.165) is 13.8 Å². The molecule has 1 heterocycles. The molecule has 194 valence electrons. The summed E-state index contributed by atoms with van der Waals surface area (Å²) < 4.78 is 27.8. The lowest BCUT2D eigenvalue weighted by Gasteiger charge is -2.63. The quantitative estimate of drug-likeness (QED) is 0.302. The van der Waals surface area contributed by atoms with Crippen LogP contribution in [0.3, 0.4) is 0 Å². The standard InChI is InChI=1S/C24H32O11/c1-12(2)18(27)33-16-10-22(6,34-14(4)26)23(30)9-8-21(5,29)20(32-13(3)25)24(23)17(16)15(11-31-7)19(28)35-24/h16,20,29-30H,1,8-11H2,2-7H3/t16-,20-,21+,22+,23-,24?/m0/s1. The Morgan fingerprint density at radius 2 is 1.71 bits per heavy atom. The molecule has 35 heavy (non-hydrogen) atoms. The zero-order valence-electron chi connectivity index (χ0n) is 20.8. The van der Waals surface area contributed by atoms with E-state index in [4.69, 9.17) is 23.7 Å². The summed E-state index contributed by atoms with van der Waals surface area (Å²) in [6.07, 6.45) is -3.48. The second-order valence-electron chi connectivity index (χ2n) is 9.86. The largest absolute Gasteiger partial charge is 0.456 e. The highest BCUT2D eigenvalue weighted by Gasteiger charge is 2.81. The van der Waals surface area contributed by atoms with Gasteiger partial charge in [0.2, 0.25) is 5.60 Å². The number of carbonyl (C=O) groups excluding carboxylic acids is 4. The van der Waals surface area contributed by atoms with Gasteiger partial charge < -0.3 is 33.9 Å². The Hall–Kier alpha value is -2.76. The van der Waals surface area contributed by atoms with Gasteiger partial charge in [0.05, 0.1) is 12.2 Å². The summed E-state index contributed by atoms with van der Waals surface area (Å²) in [5, 5.41) is 23.6. The number of hydrogen-bond donors (Lipinski definition) is 2. The Morgan fingerprint density at radius 3 is 2.23 bits per heavy atom. The molecule has 3 aliphatic rings. The average Bonchev–Trinajstić information content (AvgIpc) is 3.00. The lowest BCUT2D eigenvalue weighted by molar-refractivity contribution is -0.324. The van der Waals surface area contributed by atoms with Crippen molar-refractivity contribution in [1.82, 2.24) is 0 Å². The fourth-order valence-corrected chi connectivity index (χ4v) is 5.65. The summed E-state index contributed by atoms with van der Waals surface area (Å²) in [6, 6.07) is 0. The molecule has 11 nitrogen and oxygen atoms in total. The molecule has 1 unspecified atom stereocenters. The van der Waals surface area contributed by atoms with Crippen LogP contribution in [0, 0.1) is 0 Å². The molecule has 0 saturated heterocycles. The maximum atomic E-state index is 13.2. The van der Waals surface area contributed by atoms with Crippen LogP contribution < -0.4 is 0 Å². The van der Waals surface area contributed by atoms with Crippen molar-refractivity contribution in [3.8, 4) is 0 Å². The van der Waals surface area contributed by atoms with E-state index in [-0.39, 0.29) is 42.6 Å². The number of carbonyl (C=O) groups is 4. The number of ether oxygens (including phenoxy) is 5. The maximum absolute atomic E-state index is 13.2. The Bertz CT molecular complexity index is 1010. The maximum Gasteiger partial charge on any atom is 0.337 e. The van der Waals surface area contributed by atoms with Crippen LogP contribution in [-0.2, 0) is 42.9 Å². The third-order valence-corrected chi connectivity index (χ3v) is 7.08. The van der Waals surface area contributed by atoms with Gasteiger partial charge in [-0.25, -0.2) is 9.59 Å². The van der Waals surface area contributed by atoms with Gasteiger partial charge in [0.25, 0.3) is 0 Å². The van der Waals surface area contributed by atoms with Crippen molar-refractivity contribution in [3.05, 3.63) is 23.3 Å². The summed E-state index contributed by atoms with van der Waals surface area (Å²) >= 11 is 0. The third-order valence-electron chi connectivity index (χ3n) is 7.08. The fourth-order valence-electron chi connectivity index (χ4n) is 5.65. The molecule has 0 aromatic rings. The van der Waals surface area contributed by atoms with Gasteiger partial charge in [-0.3, -0.25) is 9.59 Å². The first-order valence-corrected chi connectivity index (χ1v) is 11.2. The van der Waals surface area contributed by atoms with Crippen LogP contribution in [0.25, 0.3) is 0 Å². The van der Waals surface area contributed by atoms with E-state index in [2.05, 4.69) is 6.58 Å². The van der Waals surface area contributed by atoms with Crippen LogP contribution in [0.5, 0.6) is 0 Å². The zero-order chi connectivity index (χ0) is 26.6. The third kappa shape index (κ3) is 3.95. The van der Waals surface area contributed by atoms with Gasteiger partial charge in [0, 0.05) is 38.5 Å². The van der Waals surface area contributed by atoms with Gasteiger partial charge in [-0.1, -0.05) is 6.58 Å². The first-order chi connectivity index (χ1) is 16.1. The van der Waals surface area contributed by atoms with Crippen molar-refractivity contribution in [3.63, 3.8) is 0 Å². The summed E-state index contributed by atoms with van der Waals surface area (Å²) in [4.78, 5) is 50.1. The number of aliphatic hydroxyl groups is 2. The summed E-state index contributed by atoms with van der Waals surface area (Å²) in [6.45, 7) is 9.75. The SMILES string of the molecule is C=C(C)C(=O)O[C@H]1C[C@@](C)(OC(C)=O)[C@@]2(O)CC[C@@](C)(O)[C@H](OC(C)=O)C23OC(=O)C(COC)=C13. The second-order valence-corrected chi connectivity index (χ2v) is 9.86. The molecule has 2 N–H and O–H groups in total. The van der Waals surface area contributed by atoms with E-state index in [1.54, 1.807) is 0 Å². The van der Waals surface area contributed by atoms with Crippen molar-refractivity contribution in [2.75, 3.05) is 13.7 Å². The number of rotatable bonds is 6. The molecule has 0 aromatic heterocycles. The topological polar surface area (TPSA) is 155 Å². The predicted octanol–water partition coefficient (Wildman–Crippen LogP) is 0.646. The molecule has 0 aromatic carbocycles. The van der Waals surface area contributed by atoms with Gasteiger partial charge in [-0.05, 0) is 33.6 Å². The second kappa shape index (κ2) is 8.72. The van der Waals surface area contributed by atoms with E-state index >= 15 is 0 Å². The van der Waals surface area contributed by atoms with E-state index in [1.807, 2.05) is 0 Å². The minimum Gasteiger partial charge on any atom is -0.456 e. The van der Waals surface area contributed by atoms with Crippen LogP contribution in [0.1, 0.15) is 53.9 Å². The molecule has 1 aliphatic heterocycles. The van der Waals surface area contributed by atoms with Gasteiger partial charge >= 0.3 is 23.9 Å². The molecule has 2 saturated carbocycles. The monoisotopic (exact) mass is 496 g/mol. The molecule has 0 bridgehead atoms. The van der Waals surface area contributed by atoms with E-state index in [0.29, 0.717) is 0 Å². The van der Waals surface area contributed by atoms with Crippen molar-refractivity contribution < 1.29 is 53.1 Å². The molecular formula is C24H32O11. The van der Waals surface area contributed by atoms with Gasteiger partial charge in [-0.2, -0.15) is 0 Å². The van der Waals surface area contributed by atoms with Gasteiger partial charge in [0.1, 0.15) is 17.3 Å². The molecule has 0 radical (unpaired) electrons. The summed E-state index contributed by atoms with van der Waals surface area (Å²) in [7, 11) is 1.33. The molecule has 2 fully saturated rings. The molecule has 2 aliphatic carbocycles. The fraction of sp³-hybridized carbons (Fsp3) is 0.667. The van der Waals surface area contributed by atoms with Crippen molar-refractivity contribution in [2.45, 2.75) is 88.5 Å². The molecule has 0 amide bonds. The first-order valence-electron chi connectivity index (χ1n) is 11.2. The summed E-state index contributed by atoms with van der Waals surface area (Å²) in [5.41, 5.74) is -8.04. The average molecular weight is 497 g/mol. The highest BCUT2D eigenvalue weighted by atomic mass is 16.6. The van der Waals surface area contributed by atoms with Crippen LogP contribution in [0.4, 0.5) is 0 Å². The van der Waals surface area contributed by atoms with E-state index < -0.39 is 58.5 Å². The summed E-state index contributed by atoms with van der Waals surface area (Å²) in [5.74, 6) is -3.30. The molecule has 3 rings (SSSR count). The van der Waals surface area contributed by atoms with Crippen LogP contribution in [0.15, 0.2) is 23.3 Å². The Balaban J connectivity index is 2.40. The normalized spacial score (nSPS) is 38.1. The van der Waals surface area contributed by atoms with Crippen molar-refractivity contribution in [2.24, 2.45) is 0 Å². The molecule has 6 atom stereocenters. The number of hydrogen-bond acceptors (Lipinski definition) is 11. The van der Waals surface area contributed by atoms with Crippen LogP contribution in [0.2, 0.25) is 0 Å². The van der Waals surface area contributed by atoms with Crippen molar-refractivity contribution in [1.29, 1.82) is 0 Å². The Labute approximate surface area is 203 Å². The predicted molar refractivity (Wildman–Crippen MR) is 118 cm³/mol. The minimum atomic E-state index is -2.26. The first kappa shape index (κ1) is 26.8. The lowest BCUT2D eigenvalue weighted by atomic mass is 9.51. The Morgan fingerprint density at radius 1 is 1.09 bits per heavy atom. The van der Waals surface area contributed by atoms with Gasteiger partial charge in [-0.15, -0.1) is 0 Å². The molecular weight excluding hydrogens is 464 g/mol. The van der Waals surface area contributed by atoms with E-state index in [9.17, 15) is 29.4 Å². The zero-order valence-corrected chi connectivity index (χ0v) is 20.8. The van der Waals surface area contributed by atoms with Gasteiger partial charge in [0.15, 0.2) is 11.7 Å². The highest BCUT2D eigenvalue weighted by Crippen LogP contribution is 2.63. The molecule has 11 heteroatoms. The number of esters is 4. The highest BCUT2D eigenvalue weighted by molar-refractivity contribution is 5.95. The number of methoxy groups -OCH3 is 1. The van der Waals surface area contributed by atoms with E-state index in [1.165, 1.54) is 27.9 Å². The van der Waals surface area contributed by atoms with Crippen LogP contribution >= 0.6 is 0 Å². The lowest BCUT2D eigenvalue weighted by Crippen LogP contribution is -2.82. The smallest absolute Gasteiger partial charge is 0.337 e. The Kier molecular flexibility index (Phi) is 6.69.